The first-order valence-corrected chi connectivity index (χ1v) is 6.99. The third-order valence-corrected chi connectivity index (χ3v) is 3.52. The normalized spacial score (nSPS) is 12.0. The van der Waals surface area contributed by atoms with E-state index in [1.807, 2.05) is 0 Å². The summed E-state index contributed by atoms with van der Waals surface area (Å²) in [4.78, 5) is 20.7. The third-order valence-electron chi connectivity index (χ3n) is 3.52. The van der Waals surface area contributed by atoms with Gasteiger partial charge in [0, 0.05) is 18.1 Å². The maximum atomic E-state index is 12.7. The van der Waals surface area contributed by atoms with E-state index in [-0.39, 0.29) is 11.3 Å². The average Bonchev–Trinajstić information content (AvgIpc) is 3.04. The molecular formula is C15H8F3N5O2. The maximum Gasteiger partial charge on any atom is 0.573 e. The zero-order chi connectivity index (χ0) is 17.6. The number of pyridine rings is 1. The number of halogens is 3. The van der Waals surface area contributed by atoms with Gasteiger partial charge in [-0.3, -0.25) is 9.36 Å². The molecule has 0 atom stereocenters. The maximum absolute atomic E-state index is 12.7. The number of hydrogen-bond acceptors (Lipinski definition) is 5. The van der Waals surface area contributed by atoms with Gasteiger partial charge in [0.1, 0.15) is 12.1 Å². The predicted molar refractivity (Wildman–Crippen MR) is 80.6 cm³/mol. The Balaban J connectivity index is 1.80. The minimum Gasteiger partial charge on any atom is -0.406 e. The smallest absolute Gasteiger partial charge is 0.406 e. The lowest BCUT2D eigenvalue weighted by atomic mass is 10.2. The van der Waals surface area contributed by atoms with Crippen LogP contribution in [0.3, 0.4) is 0 Å². The Morgan fingerprint density at radius 2 is 1.80 bits per heavy atom. The highest BCUT2D eigenvalue weighted by molar-refractivity contribution is 5.78. The lowest BCUT2D eigenvalue weighted by Gasteiger charge is -2.11. The highest BCUT2D eigenvalue weighted by Crippen LogP contribution is 2.23. The molecule has 0 fully saturated rings. The monoisotopic (exact) mass is 347 g/mol. The molecule has 25 heavy (non-hydrogen) atoms. The van der Waals surface area contributed by atoms with Crippen LogP contribution in [0.1, 0.15) is 0 Å². The molecule has 4 rings (SSSR count). The highest BCUT2D eigenvalue weighted by Gasteiger charge is 2.31. The average molecular weight is 347 g/mol. The summed E-state index contributed by atoms with van der Waals surface area (Å²) in [5, 5.41) is 4.31. The first-order chi connectivity index (χ1) is 11.9. The molecule has 0 radical (unpaired) electrons. The molecule has 0 aliphatic rings. The second-order valence-electron chi connectivity index (χ2n) is 5.06. The molecule has 3 aromatic heterocycles. The van der Waals surface area contributed by atoms with E-state index in [1.165, 1.54) is 39.9 Å². The van der Waals surface area contributed by atoms with Crippen LogP contribution < -0.4 is 10.3 Å². The largest absolute Gasteiger partial charge is 0.573 e. The SMILES string of the molecule is O=c1c2cnc3ncnn3c2ccn1-c1ccc(OC(F)(F)F)cc1. The number of aromatic nitrogens is 5. The van der Waals surface area contributed by atoms with Crippen LogP contribution in [0.2, 0.25) is 0 Å². The van der Waals surface area contributed by atoms with Crippen molar-refractivity contribution in [3.63, 3.8) is 0 Å². The van der Waals surface area contributed by atoms with Crippen molar-refractivity contribution in [1.82, 2.24) is 24.1 Å². The van der Waals surface area contributed by atoms with Gasteiger partial charge in [0.05, 0.1) is 10.9 Å². The van der Waals surface area contributed by atoms with Crippen LogP contribution in [0.5, 0.6) is 5.75 Å². The van der Waals surface area contributed by atoms with Crippen molar-refractivity contribution in [2.24, 2.45) is 0 Å². The Morgan fingerprint density at radius 1 is 1.04 bits per heavy atom. The lowest BCUT2D eigenvalue weighted by Crippen LogP contribution is -2.19. The van der Waals surface area contributed by atoms with E-state index in [0.29, 0.717) is 22.4 Å². The van der Waals surface area contributed by atoms with Crippen LogP contribution in [-0.2, 0) is 0 Å². The molecule has 4 aromatic rings. The number of fused-ring (bicyclic) bond motifs is 3. The van der Waals surface area contributed by atoms with Gasteiger partial charge in [-0.15, -0.1) is 13.2 Å². The number of alkyl halides is 3. The Labute approximate surface area is 136 Å². The third kappa shape index (κ3) is 2.67. The molecule has 0 N–H and O–H groups in total. The number of rotatable bonds is 2. The van der Waals surface area contributed by atoms with E-state index in [1.54, 1.807) is 6.07 Å². The van der Waals surface area contributed by atoms with Crippen molar-refractivity contribution in [2.75, 3.05) is 0 Å². The Kier molecular flexibility index (Phi) is 3.20. The Morgan fingerprint density at radius 3 is 2.52 bits per heavy atom. The van der Waals surface area contributed by atoms with Crippen LogP contribution >= 0.6 is 0 Å². The second kappa shape index (κ2) is 5.30. The van der Waals surface area contributed by atoms with E-state index >= 15 is 0 Å². The predicted octanol–water partition coefficient (Wildman–Crippen LogP) is 2.33. The molecule has 7 nitrogen and oxygen atoms in total. The van der Waals surface area contributed by atoms with Crippen LogP contribution in [0.15, 0.2) is 53.8 Å². The van der Waals surface area contributed by atoms with E-state index in [4.69, 9.17) is 0 Å². The van der Waals surface area contributed by atoms with E-state index in [0.717, 1.165) is 12.1 Å². The molecule has 1 aromatic carbocycles. The second-order valence-corrected chi connectivity index (χ2v) is 5.06. The Bertz CT molecular complexity index is 1130. The van der Waals surface area contributed by atoms with Gasteiger partial charge in [0.15, 0.2) is 0 Å². The quantitative estimate of drug-likeness (QED) is 0.556. The Hall–Kier alpha value is -3.43. The first kappa shape index (κ1) is 15.1. The number of benzene rings is 1. The first-order valence-electron chi connectivity index (χ1n) is 6.99. The van der Waals surface area contributed by atoms with E-state index in [2.05, 4.69) is 19.8 Å². The standard InChI is InChI=1S/C15H8F3N5O2/c16-15(17,18)25-10-3-1-9(2-4-10)22-6-5-12-11(13(22)24)7-19-14-20-8-21-23(12)14/h1-8H. The molecule has 3 heterocycles. The molecule has 0 aliphatic heterocycles. The minimum atomic E-state index is -4.77. The van der Waals surface area contributed by atoms with Gasteiger partial charge in [-0.25, -0.2) is 4.98 Å². The highest BCUT2D eigenvalue weighted by atomic mass is 19.4. The van der Waals surface area contributed by atoms with Gasteiger partial charge >= 0.3 is 6.36 Å². The lowest BCUT2D eigenvalue weighted by molar-refractivity contribution is -0.274. The summed E-state index contributed by atoms with van der Waals surface area (Å²) in [6.07, 6.45) is -0.548. The van der Waals surface area contributed by atoms with Gasteiger partial charge in [-0.05, 0) is 30.3 Å². The fraction of sp³-hybridized carbons (Fsp3) is 0.0667. The molecule has 0 spiro atoms. The van der Waals surface area contributed by atoms with Gasteiger partial charge in [-0.1, -0.05) is 0 Å². The van der Waals surface area contributed by atoms with Gasteiger partial charge < -0.3 is 4.74 Å². The topological polar surface area (TPSA) is 74.3 Å². The van der Waals surface area contributed by atoms with Gasteiger partial charge in [0.2, 0.25) is 0 Å². The summed E-state index contributed by atoms with van der Waals surface area (Å²) in [5.41, 5.74) is 0.535. The zero-order valence-corrected chi connectivity index (χ0v) is 12.3. The molecule has 0 amide bonds. The molecule has 0 unspecified atom stereocenters. The fourth-order valence-corrected chi connectivity index (χ4v) is 2.48. The van der Waals surface area contributed by atoms with Crippen molar-refractivity contribution in [1.29, 1.82) is 0 Å². The molecule has 0 saturated carbocycles. The summed E-state index contributed by atoms with van der Waals surface area (Å²) >= 11 is 0. The van der Waals surface area contributed by atoms with Crippen molar-refractivity contribution in [3.8, 4) is 11.4 Å². The number of hydrogen-bond donors (Lipinski definition) is 0. The summed E-state index contributed by atoms with van der Waals surface area (Å²) in [6.45, 7) is 0. The van der Waals surface area contributed by atoms with Crippen molar-refractivity contribution < 1.29 is 17.9 Å². The molecule has 0 aliphatic carbocycles. The van der Waals surface area contributed by atoms with Crippen LogP contribution in [0, 0.1) is 0 Å². The molecule has 0 saturated heterocycles. The van der Waals surface area contributed by atoms with Crippen molar-refractivity contribution >= 4 is 16.7 Å². The molecular weight excluding hydrogens is 339 g/mol. The summed E-state index contributed by atoms with van der Waals surface area (Å²) in [7, 11) is 0. The summed E-state index contributed by atoms with van der Waals surface area (Å²) in [6, 6.07) is 6.64. The zero-order valence-electron chi connectivity index (χ0n) is 12.3. The summed E-state index contributed by atoms with van der Waals surface area (Å²) < 4.78 is 43.2. The van der Waals surface area contributed by atoms with Crippen LogP contribution in [-0.4, -0.2) is 30.5 Å². The van der Waals surface area contributed by atoms with E-state index < -0.39 is 6.36 Å². The number of ether oxygens (including phenoxy) is 1. The minimum absolute atomic E-state index is 0.302. The molecule has 126 valence electrons. The molecule has 0 bridgehead atoms. The van der Waals surface area contributed by atoms with E-state index in [9.17, 15) is 18.0 Å². The van der Waals surface area contributed by atoms with Crippen molar-refractivity contribution in [2.45, 2.75) is 6.36 Å². The fourth-order valence-electron chi connectivity index (χ4n) is 2.48. The summed E-state index contributed by atoms with van der Waals surface area (Å²) in [5.74, 6) is -0.00520. The van der Waals surface area contributed by atoms with Crippen LogP contribution in [0.4, 0.5) is 13.2 Å². The van der Waals surface area contributed by atoms with Gasteiger partial charge in [-0.2, -0.15) is 14.6 Å². The van der Waals surface area contributed by atoms with Gasteiger partial charge in [0.25, 0.3) is 11.3 Å². The molecule has 10 heteroatoms. The van der Waals surface area contributed by atoms with Crippen LogP contribution in [0.25, 0.3) is 22.4 Å². The number of nitrogens with zero attached hydrogens (tertiary/aromatic N) is 5. The van der Waals surface area contributed by atoms with Crippen molar-refractivity contribution in [3.05, 3.63) is 59.4 Å².